The summed E-state index contributed by atoms with van der Waals surface area (Å²) in [5.74, 6) is 0.952. The van der Waals surface area contributed by atoms with Gasteiger partial charge in [0, 0.05) is 14.5 Å². The van der Waals surface area contributed by atoms with Crippen molar-refractivity contribution >= 4 is 58.8 Å². The van der Waals surface area contributed by atoms with Gasteiger partial charge in [-0.05, 0) is 66.2 Å². The normalized spacial score (nSPS) is 11.7. The Kier molecular flexibility index (Phi) is 6.31. The number of aromatic nitrogens is 3. The van der Waals surface area contributed by atoms with Crippen LogP contribution in [0.3, 0.4) is 0 Å². The van der Waals surface area contributed by atoms with E-state index in [0.29, 0.717) is 38.3 Å². The number of oxazole rings is 1. The van der Waals surface area contributed by atoms with Crippen LogP contribution in [0.4, 0.5) is 6.01 Å². The number of benzene rings is 3. The van der Waals surface area contributed by atoms with Crippen LogP contribution in [0.5, 0.6) is 0 Å². The topological polar surface area (TPSA) is 107 Å². The molecule has 11 heteroatoms. The lowest BCUT2D eigenvalue weighted by Crippen LogP contribution is -2.22. The van der Waals surface area contributed by atoms with E-state index in [1.165, 1.54) is 16.7 Å². The van der Waals surface area contributed by atoms with E-state index in [4.69, 9.17) is 9.40 Å². The third-order valence-electron chi connectivity index (χ3n) is 5.58. The highest BCUT2D eigenvalue weighted by Crippen LogP contribution is 2.29. The minimum atomic E-state index is -3.96. The molecule has 0 amide bonds. The molecule has 0 saturated heterocycles. The Balaban J connectivity index is 1.64. The molecule has 0 aliphatic carbocycles. The first-order chi connectivity index (χ1) is 17.1. The van der Waals surface area contributed by atoms with Crippen molar-refractivity contribution in [3.8, 4) is 17.1 Å². The van der Waals surface area contributed by atoms with Crippen LogP contribution in [0.1, 0.15) is 11.5 Å². The van der Waals surface area contributed by atoms with Crippen molar-refractivity contribution in [3.05, 3.63) is 97.5 Å². The van der Waals surface area contributed by atoms with E-state index in [-0.39, 0.29) is 16.5 Å². The van der Waals surface area contributed by atoms with Crippen LogP contribution < -0.4 is 10.3 Å². The van der Waals surface area contributed by atoms with E-state index in [2.05, 4.69) is 41.6 Å². The Morgan fingerprint density at radius 1 is 0.944 bits per heavy atom. The van der Waals surface area contributed by atoms with Gasteiger partial charge < -0.3 is 4.42 Å². The van der Waals surface area contributed by atoms with Crippen molar-refractivity contribution in [2.45, 2.75) is 18.7 Å². The summed E-state index contributed by atoms with van der Waals surface area (Å²) in [7, 11) is -3.96. The molecule has 3 aromatic carbocycles. The second-order valence-corrected chi connectivity index (χ2v) is 11.4. The molecule has 2 aromatic heterocycles. The van der Waals surface area contributed by atoms with Crippen molar-refractivity contribution in [3.63, 3.8) is 0 Å². The number of aryl methyl sites for hydroxylation is 2. The average Bonchev–Trinajstić information content (AvgIpc) is 3.15. The molecule has 0 atom stereocenters. The first-order valence-electron chi connectivity index (χ1n) is 10.7. The summed E-state index contributed by atoms with van der Waals surface area (Å²) < 4.78 is 36.3. The molecule has 2 heterocycles. The number of halogens is 2. The zero-order valence-corrected chi connectivity index (χ0v) is 23.0. The number of hydrogen-bond acceptors (Lipinski definition) is 6. The fourth-order valence-electron chi connectivity index (χ4n) is 3.70. The van der Waals surface area contributed by atoms with E-state index < -0.39 is 10.0 Å². The van der Waals surface area contributed by atoms with E-state index >= 15 is 0 Å². The van der Waals surface area contributed by atoms with Crippen LogP contribution in [0.15, 0.2) is 89.8 Å². The van der Waals surface area contributed by atoms with Gasteiger partial charge in [-0.1, -0.05) is 46.3 Å². The fraction of sp³-hybridized carbons (Fsp3) is 0.0800. The van der Waals surface area contributed by atoms with Crippen molar-refractivity contribution in [2.75, 3.05) is 4.72 Å². The van der Waals surface area contributed by atoms with Crippen LogP contribution in [-0.2, 0) is 10.0 Å². The van der Waals surface area contributed by atoms with Gasteiger partial charge >= 0.3 is 6.01 Å². The highest BCUT2D eigenvalue weighted by molar-refractivity contribution is 9.11. The molecule has 8 nitrogen and oxygen atoms in total. The van der Waals surface area contributed by atoms with E-state index in [9.17, 15) is 13.2 Å². The number of fused-ring (bicyclic) bond motifs is 1. The Morgan fingerprint density at radius 3 is 2.28 bits per heavy atom. The highest BCUT2D eigenvalue weighted by Gasteiger charge is 2.20. The van der Waals surface area contributed by atoms with Gasteiger partial charge in [0.25, 0.3) is 15.6 Å². The Labute approximate surface area is 223 Å². The second kappa shape index (κ2) is 9.30. The smallest absolute Gasteiger partial charge is 0.309 e. The SMILES string of the molecule is Cc1nc(NS(=O)(=O)c2ccc(-n3c(-c4ccccc4)nc4c(Br)cc(Br)cc4c3=O)cc2)oc1C. The summed E-state index contributed by atoms with van der Waals surface area (Å²) in [5, 5.41) is 0.406. The quantitative estimate of drug-likeness (QED) is 0.256. The largest absolute Gasteiger partial charge is 0.428 e. The van der Waals surface area contributed by atoms with E-state index in [1.807, 2.05) is 36.4 Å². The molecule has 5 rings (SSSR count). The van der Waals surface area contributed by atoms with Crippen molar-refractivity contribution in [2.24, 2.45) is 0 Å². The number of rotatable bonds is 5. The Bertz CT molecular complexity index is 1760. The van der Waals surface area contributed by atoms with E-state index in [1.54, 1.807) is 32.0 Å². The molecule has 0 aliphatic rings. The maximum Gasteiger partial charge on any atom is 0.309 e. The minimum Gasteiger partial charge on any atom is -0.428 e. The zero-order valence-electron chi connectivity index (χ0n) is 19.0. The molecule has 36 heavy (non-hydrogen) atoms. The summed E-state index contributed by atoms with van der Waals surface area (Å²) >= 11 is 6.94. The molecule has 0 aliphatic heterocycles. The van der Waals surface area contributed by atoms with Crippen LogP contribution in [0.2, 0.25) is 0 Å². The highest BCUT2D eigenvalue weighted by atomic mass is 79.9. The molecule has 0 spiro atoms. The summed E-state index contributed by atoms with van der Waals surface area (Å²) in [6.07, 6.45) is 0. The molecular formula is C25H18Br2N4O4S. The van der Waals surface area contributed by atoms with Crippen LogP contribution in [-0.4, -0.2) is 23.0 Å². The third kappa shape index (κ3) is 4.49. The lowest BCUT2D eigenvalue weighted by atomic mass is 10.1. The summed E-state index contributed by atoms with van der Waals surface area (Å²) in [6, 6.07) is 18.7. The summed E-state index contributed by atoms with van der Waals surface area (Å²) in [4.78, 5) is 22.6. The Morgan fingerprint density at radius 2 is 1.64 bits per heavy atom. The first-order valence-corrected chi connectivity index (χ1v) is 13.8. The Hall–Kier alpha value is -3.28. The zero-order chi connectivity index (χ0) is 25.6. The maximum atomic E-state index is 13.7. The van der Waals surface area contributed by atoms with Crippen LogP contribution in [0, 0.1) is 13.8 Å². The van der Waals surface area contributed by atoms with Crippen LogP contribution >= 0.6 is 31.9 Å². The predicted molar refractivity (Wildman–Crippen MR) is 145 cm³/mol. The maximum absolute atomic E-state index is 13.7. The van der Waals surface area contributed by atoms with Gasteiger partial charge in [-0.15, -0.1) is 0 Å². The van der Waals surface area contributed by atoms with Gasteiger partial charge in [0.1, 0.15) is 11.6 Å². The molecule has 0 radical (unpaired) electrons. The van der Waals surface area contributed by atoms with Gasteiger partial charge in [-0.25, -0.2) is 18.1 Å². The van der Waals surface area contributed by atoms with E-state index in [0.717, 1.165) is 10.0 Å². The second-order valence-electron chi connectivity index (χ2n) is 7.99. The average molecular weight is 630 g/mol. The van der Waals surface area contributed by atoms with Gasteiger partial charge in [0.05, 0.1) is 27.2 Å². The third-order valence-corrected chi connectivity index (χ3v) is 7.98. The fourth-order valence-corrected chi connectivity index (χ4v) is 5.94. The van der Waals surface area contributed by atoms with Crippen LogP contribution in [0.25, 0.3) is 28.0 Å². The molecule has 0 bridgehead atoms. The van der Waals surface area contributed by atoms with Crippen molar-refractivity contribution in [1.82, 2.24) is 14.5 Å². The van der Waals surface area contributed by atoms with Gasteiger partial charge in [-0.3, -0.25) is 9.36 Å². The minimum absolute atomic E-state index is 0.00620. The monoisotopic (exact) mass is 628 g/mol. The predicted octanol–water partition coefficient (Wildman–Crippen LogP) is 5.98. The summed E-state index contributed by atoms with van der Waals surface area (Å²) in [6.45, 7) is 3.42. The summed E-state index contributed by atoms with van der Waals surface area (Å²) in [5.41, 5.74) is 2.03. The van der Waals surface area contributed by atoms with Gasteiger partial charge in [-0.2, -0.15) is 4.98 Å². The number of hydrogen-bond donors (Lipinski definition) is 1. The van der Waals surface area contributed by atoms with Gasteiger partial charge in [0.2, 0.25) is 0 Å². The van der Waals surface area contributed by atoms with Gasteiger partial charge in [0.15, 0.2) is 0 Å². The molecular weight excluding hydrogens is 612 g/mol. The molecule has 5 aromatic rings. The number of sulfonamides is 1. The molecule has 182 valence electrons. The first kappa shape index (κ1) is 24.4. The lowest BCUT2D eigenvalue weighted by molar-refractivity contribution is 0.541. The molecule has 0 saturated carbocycles. The molecule has 0 unspecified atom stereocenters. The standard InChI is InChI=1S/C25H18Br2N4O4S/c1-14-15(2)35-25(28-14)30-36(33,34)19-10-8-18(9-11-19)31-23(16-6-4-3-5-7-16)29-22-20(24(31)32)12-17(26)13-21(22)27/h3-13H,1-2H3,(H,28,30). The molecule has 1 N–H and O–H groups in total. The number of nitrogens with zero attached hydrogens (tertiary/aromatic N) is 3. The van der Waals surface area contributed by atoms with Crippen molar-refractivity contribution in [1.29, 1.82) is 0 Å². The lowest BCUT2D eigenvalue weighted by Gasteiger charge is -2.15. The number of anilines is 1. The molecule has 0 fully saturated rings. The number of nitrogens with one attached hydrogen (secondary N) is 1. The van der Waals surface area contributed by atoms with Crippen molar-refractivity contribution < 1.29 is 12.8 Å².